The van der Waals surface area contributed by atoms with Gasteiger partial charge in [0.1, 0.15) is 0 Å². The monoisotopic (exact) mass is 360 g/mol. The van der Waals surface area contributed by atoms with E-state index >= 15 is 0 Å². The Bertz CT molecular complexity index is 430. The lowest BCUT2D eigenvalue weighted by Gasteiger charge is -2.13. The van der Waals surface area contributed by atoms with E-state index in [1.54, 1.807) is 0 Å². The quantitative estimate of drug-likeness (QED) is 0.292. The van der Waals surface area contributed by atoms with Crippen LogP contribution in [0.3, 0.4) is 0 Å². The number of nitrogens with two attached hydrogens (primary N) is 1. The fraction of sp³-hybridized carbons (Fsp3) is 0.792. The van der Waals surface area contributed by atoms with Crippen LogP contribution in [0.25, 0.3) is 0 Å². The van der Waals surface area contributed by atoms with Crippen molar-refractivity contribution in [1.29, 1.82) is 0 Å². The summed E-state index contributed by atoms with van der Waals surface area (Å²) >= 11 is 0. The molecule has 1 aromatic heterocycles. The number of nitrogens with zero attached hydrogens (tertiary/aromatic N) is 1. The second-order valence-corrected chi connectivity index (χ2v) is 7.90. The number of aryl methyl sites for hydroxylation is 1. The van der Waals surface area contributed by atoms with Crippen molar-refractivity contribution in [2.75, 3.05) is 0 Å². The number of hydrogen-bond acceptors (Lipinski definition) is 2. The highest BCUT2D eigenvalue weighted by atomic mass is 14.7. The minimum Gasteiger partial charge on any atom is -0.324 e. The van der Waals surface area contributed by atoms with Crippen molar-refractivity contribution in [1.82, 2.24) is 4.98 Å². The van der Waals surface area contributed by atoms with Crippen LogP contribution >= 0.6 is 0 Å². The van der Waals surface area contributed by atoms with Crippen LogP contribution in [0.5, 0.6) is 0 Å². The number of rotatable bonds is 17. The van der Waals surface area contributed by atoms with Crippen LogP contribution in [0.15, 0.2) is 18.3 Å². The molecule has 0 aliphatic heterocycles. The van der Waals surface area contributed by atoms with Crippen LogP contribution in [0, 0.1) is 0 Å². The Labute approximate surface area is 163 Å². The number of pyridine rings is 1. The Morgan fingerprint density at radius 2 is 1.27 bits per heavy atom. The van der Waals surface area contributed by atoms with E-state index in [4.69, 9.17) is 5.73 Å². The lowest BCUT2D eigenvalue weighted by atomic mass is 9.99. The van der Waals surface area contributed by atoms with Gasteiger partial charge in [0.25, 0.3) is 0 Å². The van der Waals surface area contributed by atoms with Crippen molar-refractivity contribution in [2.45, 2.75) is 123 Å². The maximum atomic E-state index is 6.21. The molecule has 150 valence electrons. The molecular formula is C24H44N2. The summed E-state index contributed by atoms with van der Waals surface area (Å²) in [5.41, 5.74) is 8.68. The summed E-state index contributed by atoms with van der Waals surface area (Å²) in [5, 5.41) is 0. The van der Waals surface area contributed by atoms with Gasteiger partial charge in [0, 0.05) is 17.9 Å². The maximum Gasteiger partial charge on any atom is 0.0451 e. The van der Waals surface area contributed by atoms with Crippen LogP contribution in [0.2, 0.25) is 0 Å². The van der Waals surface area contributed by atoms with E-state index in [1.807, 2.05) is 12.3 Å². The molecule has 0 aromatic carbocycles. The van der Waals surface area contributed by atoms with E-state index in [2.05, 4.69) is 24.9 Å². The van der Waals surface area contributed by atoms with Crippen molar-refractivity contribution in [3.05, 3.63) is 29.6 Å². The van der Waals surface area contributed by atoms with E-state index in [0.29, 0.717) is 0 Å². The molecule has 0 aliphatic carbocycles. The van der Waals surface area contributed by atoms with Gasteiger partial charge in [-0.2, -0.15) is 0 Å². The molecule has 0 amide bonds. The molecule has 1 rings (SSSR count). The topological polar surface area (TPSA) is 38.9 Å². The molecule has 0 fully saturated rings. The van der Waals surface area contributed by atoms with Gasteiger partial charge in [0.15, 0.2) is 0 Å². The van der Waals surface area contributed by atoms with Crippen molar-refractivity contribution in [3.63, 3.8) is 0 Å². The van der Waals surface area contributed by atoms with E-state index in [-0.39, 0.29) is 6.04 Å². The second-order valence-electron chi connectivity index (χ2n) is 7.90. The minimum atomic E-state index is 0.144. The van der Waals surface area contributed by atoms with Gasteiger partial charge in [-0.1, -0.05) is 103 Å². The number of aromatic nitrogens is 1. The van der Waals surface area contributed by atoms with Gasteiger partial charge in [-0.25, -0.2) is 0 Å². The molecule has 26 heavy (non-hydrogen) atoms. The molecule has 0 bridgehead atoms. The fourth-order valence-electron chi connectivity index (χ4n) is 3.70. The van der Waals surface area contributed by atoms with Gasteiger partial charge in [-0.05, 0) is 30.9 Å². The highest BCUT2D eigenvalue weighted by Gasteiger charge is 2.09. The standard InChI is InChI=1S/C24H44N2/c1-3-5-6-7-8-9-10-11-12-13-14-15-16-17-20-24-22(23(25)4-2)19-18-21-26-24/h18-19,21,23H,3-17,20,25H2,1-2H3. The molecule has 0 saturated heterocycles. The summed E-state index contributed by atoms with van der Waals surface area (Å²) in [5.74, 6) is 0. The molecule has 0 aliphatic rings. The van der Waals surface area contributed by atoms with E-state index < -0.39 is 0 Å². The third-order valence-corrected chi connectivity index (χ3v) is 5.53. The van der Waals surface area contributed by atoms with Crippen LogP contribution in [-0.2, 0) is 6.42 Å². The van der Waals surface area contributed by atoms with Gasteiger partial charge >= 0.3 is 0 Å². The summed E-state index contributed by atoms with van der Waals surface area (Å²) in [6, 6.07) is 4.31. The number of unbranched alkanes of at least 4 members (excludes halogenated alkanes) is 13. The van der Waals surface area contributed by atoms with E-state index in [9.17, 15) is 0 Å². The van der Waals surface area contributed by atoms with Gasteiger partial charge in [-0.15, -0.1) is 0 Å². The average Bonchev–Trinajstić information content (AvgIpc) is 2.68. The Morgan fingerprint density at radius 3 is 1.77 bits per heavy atom. The maximum absolute atomic E-state index is 6.21. The molecular weight excluding hydrogens is 316 g/mol. The zero-order chi connectivity index (χ0) is 18.9. The summed E-state index contributed by atoms with van der Waals surface area (Å²) in [6.45, 7) is 4.44. The molecule has 0 spiro atoms. The summed E-state index contributed by atoms with van der Waals surface area (Å²) in [4.78, 5) is 4.57. The summed E-state index contributed by atoms with van der Waals surface area (Å²) in [6.07, 6.45) is 23.7. The van der Waals surface area contributed by atoms with Crippen LogP contribution in [0.1, 0.15) is 127 Å². The Kier molecular flexibility index (Phi) is 14.5. The predicted molar refractivity (Wildman–Crippen MR) is 115 cm³/mol. The van der Waals surface area contributed by atoms with Crippen LogP contribution in [0.4, 0.5) is 0 Å². The fourth-order valence-corrected chi connectivity index (χ4v) is 3.70. The second kappa shape index (κ2) is 16.3. The average molecular weight is 361 g/mol. The molecule has 2 nitrogen and oxygen atoms in total. The first kappa shape index (κ1) is 23.1. The van der Waals surface area contributed by atoms with E-state index in [0.717, 1.165) is 12.8 Å². The van der Waals surface area contributed by atoms with Gasteiger partial charge in [-0.3, -0.25) is 4.98 Å². The highest BCUT2D eigenvalue weighted by molar-refractivity contribution is 5.23. The Hall–Kier alpha value is -0.890. The normalized spacial score (nSPS) is 12.4. The zero-order valence-corrected chi connectivity index (χ0v) is 17.6. The lowest BCUT2D eigenvalue weighted by Crippen LogP contribution is -2.12. The summed E-state index contributed by atoms with van der Waals surface area (Å²) in [7, 11) is 0. The predicted octanol–water partition coefficient (Wildman–Crippen LogP) is 7.52. The molecule has 1 unspecified atom stereocenters. The molecule has 2 N–H and O–H groups in total. The van der Waals surface area contributed by atoms with Crippen molar-refractivity contribution < 1.29 is 0 Å². The highest BCUT2D eigenvalue weighted by Crippen LogP contribution is 2.19. The summed E-state index contributed by atoms with van der Waals surface area (Å²) < 4.78 is 0. The zero-order valence-electron chi connectivity index (χ0n) is 17.6. The molecule has 0 radical (unpaired) electrons. The molecule has 0 saturated carbocycles. The largest absolute Gasteiger partial charge is 0.324 e. The molecule has 1 aromatic rings. The third-order valence-electron chi connectivity index (χ3n) is 5.53. The minimum absolute atomic E-state index is 0.144. The van der Waals surface area contributed by atoms with Crippen molar-refractivity contribution in [2.24, 2.45) is 5.73 Å². The van der Waals surface area contributed by atoms with Crippen molar-refractivity contribution in [3.8, 4) is 0 Å². The molecule has 1 heterocycles. The Balaban J connectivity index is 1.94. The first-order chi connectivity index (χ1) is 12.8. The first-order valence-electron chi connectivity index (χ1n) is 11.5. The molecule has 2 heteroatoms. The Morgan fingerprint density at radius 1 is 0.769 bits per heavy atom. The number of hydrogen-bond donors (Lipinski definition) is 1. The smallest absolute Gasteiger partial charge is 0.0451 e. The van der Waals surface area contributed by atoms with E-state index in [1.165, 1.54) is 101 Å². The van der Waals surface area contributed by atoms with Crippen LogP contribution < -0.4 is 5.73 Å². The van der Waals surface area contributed by atoms with Gasteiger partial charge < -0.3 is 5.73 Å². The first-order valence-corrected chi connectivity index (χ1v) is 11.5. The lowest BCUT2D eigenvalue weighted by molar-refractivity contribution is 0.534. The van der Waals surface area contributed by atoms with Crippen molar-refractivity contribution >= 4 is 0 Å². The SMILES string of the molecule is CCCCCCCCCCCCCCCCc1ncccc1C(N)CC. The van der Waals surface area contributed by atoms with Crippen LogP contribution in [-0.4, -0.2) is 4.98 Å². The molecule has 1 atom stereocenters. The third kappa shape index (κ3) is 11.0. The van der Waals surface area contributed by atoms with Gasteiger partial charge in [0.05, 0.1) is 0 Å². The van der Waals surface area contributed by atoms with Gasteiger partial charge in [0.2, 0.25) is 0 Å².